The van der Waals surface area contributed by atoms with Gasteiger partial charge in [0, 0.05) is 0 Å². The molecule has 2 atom stereocenters. The monoisotopic (exact) mass is 196 g/mol. The van der Waals surface area contributed by atoms with Crippen LogP contribution < -0.4 is 0 Å². The van der Waals surface area contributed by atoms with Gasteiger partial charge in [-0.3, -0.25) is 4.57 Å². The van der Waals surface area contributed by atoms with Crippen molar-refractivity contribution in [2.45, 2.75) is 39.2 Å². The molecule has 5 heteroatoms. The maximum absolute atomic E-state index is 10.8. The van der Waals surface area contributed by atoms with Gasteiger partial charge in [0.25, 0.3) is 0 Å². The highest BCUT2D eigenvalue weighted by Crippen LogP contribution is 2.42. The Labute approximate surface area is 73.1 Å². The third-order valence-electron chi connectivity index (χ3n) is 1.49. The Kier molecular flexibility index (Phi) is 5.76. The summed E-state index contributed by atoms with van der Waals surface area (Å²) in [4.78, 5) is 8.88. The van der Waals surface area contributed by atoms with E-state index in [9.17, 15) is 4.57 Å². The van der Waals surface area contributed by atoms with Crippen LogP contribution in [0.4, 0.5) is 0 Å². The Bertz CT molecular complexity index is 159. The Balaban J connectivity index is 3.68. The average molecular weight is 196 g/mol. The summed E-state index contributed by atoms with van der Waals surface area (Å²) in [6.45, 7) is 3.77. The summed E-state index contributed by atoms with van der Waals surface area (Å²) in [7, 11) is -3.71. The van der Waals surface area contributed by atoms with E-state index in [0.717, 1.165) is 19.3 Å². The fraction of sp³-hybridized carbons (Fsp3) is 1.00. The number of hydrogen-bond acceptors (Lipinski definition) is 3. The van der Waals surface area contributed by atoms with Crippen molar-refractivity contribution in [2.24, 2.45) is 0 Å². The lowest BCUT2D eigenvalue weighted by atomic mass is 10.2. The number of aliphatic hydroxyl groups is 1. The first-order valence-electron chi connectivity index (χ1n) is 4.13. The van der Waals surface area contributed by atoms with Crippen LogP contribution in [0.5, 0.6) is 0 Å². The highest BCUT2D eigenvalue weighted by atomic mass is 31.2. The van der Waals surface area contributed by atoms with E-state index >= 15 is 0 Å². The second-order valence-electron chi connectivity index (χ2n) is 2.84. The van der Waals surface area contributed by atoms with Gasteiger partial charge in [0.05, 0.1) is 6.10 Å². The molecule has 0 saturated heterocycles. The Hall–Kier alpha value is 0.110. The fourth-order valence-corrected chi connectivity index (χ4v) is 1.59. The van der Waals surface area contributed by atoms with E-state index in [4.69, 9.17) is 14.5 Å². The highest BCUT2D eigenvalue weighted by Gasteiger charge is 2.20. The quantitative estimate of drug-likeness (QED) is 0.634. The molecule has 0 aliphatic rings. The molecule has 2 N–H and O–H groups in total. The van der Waals surface area contributed by atoms with Crippen LogP contribution in [0.1, 0.15) is 33.1 Å². The standard InChI is InChI=1S/C7H17O4P/c1-3-4-5-7(2)11-12(9,10)6-8/h7-8H,3-6H2,1-2H3,(H,9,10). The van der Waals surface area contributed by atoms with E-state index in [0.29, 0.717) is 0 Å². The Morgan fingerprint density at radius 1 is 1.58 bits per heavy atom. The molecular formula is C7H17O4P. The first-order chi connectivity index (χ1) is 5.52. The smallest absolute Gasteiger partial charge is 0.353 e. The second-order valence-corrected chi connectivity index (χ2v) is 4.61. The van der Waals surface area contributed by atoms with E-state index in [1.165, 1.54) is 0 Å². The molecule has 0 aromatic heterocycles. The minimum atomic E-state index is -3.71. The van der Waals surface area contributed by atoms with Gasteiger partial charge in [0.1, 0.15) is 6.35 Å². The molecule has 0 amide bonds. The van der Waals surface area contributed by atoms with Crippen molar-refractivity contribution in [1.82, 2.24) is 0 Å². The molecule has 2 unspecified atom stereocenters. The Morgan fingerprint density at radius 2 is 2.17 bits per heavy atom. The molecule has 0 fully saturated rings. The summed E-state index contributed by atoms with van der Waals surface area (Å²) in [6.07, 6.45) is 1.69. The third-order valence-corrected chi connectivity index (χ3v) is 2.53. The zero-order chi connectivity index (χ0) is 9.61. The predicted molar refractivity (Wildman–Crippen MR) is 47.0 cm³/mol. The number of rotatable bonds is 6. The van der Waals surface area contributed by atoms with Crippen LogP contribution in [0.25, 0.3) is 0 Å². The molecule has 0 spiro atoms. The third kappa shape index (κ3) is 5.72. The second kappa shape index (κ2) is 5.70. The van der Waals surface area contributed by atoms with Crippen molar-refractivity contribution in [2.75, 3.05) is 6.35 Å². The van der Waals surface area contributed by atoms with Crippen LogP contribution in [0, 0.1) is 0 Å². The molecule has 4 nitrogen and oxygen atoms in total. The summed E-state index contributed by atoms with van der Waals surface area (Å²) in [5.41, 5.74) is 0. The minimum absolute atomic E-state index is 0.257. The van der Waals surface area contributed by atoms with Crippen molar-refractivity contribution < 1.29 is 19.1 Å². The van der Waals surface area contributed by atoms with Crippen LogP contribution >= 0.6 is 7.60 Å². The summed E-state index contributed by atoms with van der Waals surface area (Å²) in [5, 5.41) is 8.43. The molecule has 74 valence electrons. The molecule has 0 heterocycles. The first-order valence-corrected chi connectivity index (χ1v) is 5.89. The van der Waals surface area contributed by atoms with Crippen molar-refractivity contribution in [1.29, 1.82) is 0 Å². The van der Waals surface area contributed by atoms with Crippen LogP contribution in [0.2, 0.25) is 0 Å². The van der Waals surface area contributed by atoms with Crippen molar-refractivity contribution in [3.8, 4) is 0 Å². The maximum Gasteiger partial charge on any atom is 0.353 e. The lowest BCUT2D eigenvalue weighted by molar-refractivity contribution is 0.161. The largest absolute Gasteiger partial charge is 0.384 e. The van der Waals surface area contributed by atoms with Gasteiger partial charge in [-0.25, -0.2) is 0 Å². The van der Waals surface area contributed by atoms with Gasteiger partial charge in [0.15, 0.2) is 0 Å². The molecule has 0 aliphatic carbocycles. The van der Waals surface area contributed by atoms with Gasteiger partial charge in [-0.05, 0) is 13.3 Å². The average Bonchev–Trinajstić information content (AvgIpc) is 2.00. The van der Waals surface area contributed by atoms with E-state index in [-0.39, 0.29) is 6.10 Å². The van der Waals surface area contributed by atoms with E-state index in [1.807, 2.05) is 6.92 Å². The maximum atomic E-state index is 10.8. The summed E-state index contributed by atoms with van der Waals surface area (Å²) in [6, 6.07) is 0. The van der Waals surface area contributed by atoms with Gasteiger partial charge in [-0.15, -0.1) is 0 Å². The van der Waals surface area contributed by atoms with Crippen LogP contribution in [0.3, 0.4) is 0 Å². The summed E-state index contributed by atoms with van der Waals surface area (Å²) in [5.74, 6) is 0. The van der Waals surface area contributed by atoms with Gasteiger partial charge < -0.3 is 14.5 Å². The van der Waals surface area contributed by atoms with Crippen LogP contribution in [0.15, 0.2) is 0 Å². The topological polar surface area (TPSA) is 66.8 Å². The van der Waals surface area contributed by atoms with E-state index in [2.05, 4.69) is 0 Å². The molecule has 0 radical (unpaired) electrons. The predicted octanol–water partition coefficient (Wildman–Crippen LogP) is 1.72. The zero-order valence-electron chi connectivity index (χ0n) is 7.56. The lowest BCUT2D eigenvalue weighted by Gasteiger charge is -2.15. The zero-order valence-corrected chi connectivity index (χ0v) is 8.46. The van der Waals surface area contributed by atoms with E-state index < -0.39 is 13.9 Å². The first kappa shape index (κ1) is 12.1. The van der Waals surface area contributed by atoms with Crippen LogP contribution in [-0.4, -0.2) is 22.5 Å². The van der Waals surface area contributed by atoms with Gasteiger partial charge in [0.2, 0.25) is 0 Å². The van der Waals surface area contributed by atoms with Gasteiger partial charge in [-0.1, -0.05) is 19.8 Å². The van der Waals surface area contributed by atoms with Crippen molar-refractivity contribution in [3.05, 3.63) is 0 Å². The molecule has 12 heavy (non-hydrogen) atoms. The molecule has 0 aliphatic heterocycles. The highest BCUT2D eigenvalue weighted by molar-refractivity contribution is 7.52. The molecule has 0 aromatic rings. The van der Waals surface area contributed by atoms with Crippen molar-refractivity contribution in [3.63, 3.8) is 0 Å². The number of hydrogen-bond donors (Lipinski definition) is 2. The van der Waals surface area contributed by atoms with Gasteiger partial charge >= 0.3 is 7.60 Å². The SMILES string of the molecule is CCCCC(C)OP(=O)(O)CO. The number of aliphatic hydroxyl groups excluding tert-OH is 1. The Morgan fingerprint density at radius 3 is 2.58 bits per heavy atom. The minimum Gasteiger partial charge on any atom is -0.384 e. The molecule has 0 aromatic carbocycles. The van der Waals surface area contributed by atoms with Crippen LogP contribution in [-0.2, 0) is 9.09 Å². The fourth-order valence-electron chi connectivity index (χ4n) is 0.859. The van der Waals surface area contributed by atoms with E-state index in [1.54, 1.807) is 6.92 Å². The molecule has 0 bridgehead atoms. The van der Waals surface area contributed by atoms with Gasteiger partial charge in [-0.2, -0.15) is 0 Å². The lowest BCUT2D eigenvalue weighted by Crippen LogP contribution is -2.07. The summed E-state index contributed by atoms with van der Waals surface area (Å²) < 4.78 is 15.6. The summed E-state index contributed by atoms with van der Waals surface area (Å²) >= 11 is 0. The number of unbranched alkanes of at least 4 members (excludes halogenated alkanes) is 1. The normalized spacial score (nSPS) is 18.7. The molecular weight excluding hydrogens is 179 g/mol. The molecule has 0 saturated carbocycles. The van der Waals surface area contributed by atoms with Crippen molar-refractivity contribution >= 4 is 7.60 Å². The molecule has 0 rings (SSSR count).